The summed E-state index contributed by atoms with van der Waals surface area (Å²) in [6, 6.07) is 8.16. The highest BCUT2D eigenvalue weighted by Gasteiger charge is 2.24. The molecular weight excluding hydrogens is 344 g/mol. The van der Waals surface area contributed by atoms with Gasteiger partial charge in [0.1, 0.15) is 5.82 Å². The topological polar surface area (TPSA) is 61.0 Å². The molecule has 3 aromatic rings. The summed E-state index contributed by atoms with van der Waals surface area (Å²) in [4.78, 5) is 23.6. The number of H-pyrrole nitrogens is 1. The van der Waals surface area contributed by atoms with Gasteiger partial charge in [-0.05, 0) is 74.8 Å². The molecule has 4 heterocycles. The number of thiophene rings is 1. The third-order valence-corrected chi connectivity index (χ3v) is 6.11. The van der Waals surface area contributed by atoms with E-state index in [1.165, 1.54) is 16.9 Å². The number of piperidine rings is 1. The Balaban J connectivity index is 1.54. The molecule has 1 aliphatic rings. The van der Waals surface area contributed by atoms with Crippen LogP contribution in [0.5, 0.6) is 0 Å². The van der Waals surface area contributed by atoms with Crippen LogP contribution in [0.4, 0.5) is 5.82 Å². The van der Waals surface area contributed by atoms with Crippen molar-refractivity contribution >= 4 is 34.1 Å². The number of rotatable bonds is 4. The Kier molecular flexibility index (Phi) is 4.78. The molecule has 4 rings (SSSR count). The van der Waals surface area contributed by atoms with Crippen LogP contribution in [-0.2, 0) is 0 Å². The summed E-state index contributed by atoms with van der Waals surface area (Å²) in [5, 5.41) is 4.82. The van der Waals surface area contributed by atoms with Gasteiger partial charge in [-0.2, -0.15) is 0 Å². The van der Waals surface area contributed by atoms with Crippen LogP contribution in [0.1, 0.15) is 47.8 Å². The fraction of sp³-hybridized carbons (Fsp3) is 0.400. The van der Waals surface area contributed by atoms with Gasteiger partial charge >= 0.3 is 0 Å². The molecule has 1 saturated heterocycles. The highest BCUT2D eigenvalue weighted by molar-refractivity contribution is 7.12. The van der Waals surface area contributed by atoms with E-state index in [9.17, 15) is 4.79 Å². The van der Waals surface area contributed by atoms with Gasteiger partial charge < -0.3 is 15.2 Å². The van der Waals surface area contributed by atoms with E-state index in [-0.39, 0.29) is 5.91 Å². The molecule has 3 aromatic heterocycles. The van der Waals surface area contributed by atoms with Crippen LogP contribution in [0.15, 0.2) is 35.8 Å². The highest BCUT2D eigenvalue weighted by Crippen LogP contribution is 2.33. The minimum absolute atomic E-state index is 0.103. The Morgan fingerprint density at radius 3 is 2.81 bits per heavy atom. The number of carbonyl (C=O) groups excluding carboxylic acids is 1. The molecule has 1 amide bonds. The van der Waals surface area contributed by atoms with Crippen LogP contribution in [0.25, 0.3) is 11.0 Å². The number of hydrogen-bond donors (Lipinski definition) is 2. The molecule has 0 aliphatic carbocycles. The van der Waals surface area contributed by atoms with Gasteiger partial charge in [-0.25, -0.2) is 4.98 Å². The maximum Gasteiger partial charge on any atom is 0.266 e. The third kappa shape index (κ3) is 3.39. The second-order valence-corrected chi connectivity index (χ2v) is 8.12. The van der Waals surface area contributed by atoms with Gasteiger partial charge in [0.05, 0.1) is 15.9 Å². The van der Waals surface area contributed by atoms with Crippen molar-refractivity contribution in [1.82, 2.24) is 14.9 Å². The first-order valence-corrected chi connectivity index (χ1v) is 10.1. The summed E-state index contributed by atoms with van der Waals surface area (Å²) in [5.74, 6) is 1.03. The molecular formula is C20H24N4OS. The van der Waals surface area contributed by atoms with E-state index < -0.39 is 0 Å². The van der Waals surface area contributed by atoms with Crippen LogP contribution < -0.4 is 5.32 Å². The van der Waals surface area contributed by atoms with E-state index in [4.69, 9.17) is 4.98 Å². The van der Waals surface area contributed by atoms with Gasteiger partial charge in [0.15, 0.2) is 0 Å². The van der Waals surface area contributed by atoms with Gasteiger partial charge in [0.25, 0.3) is 5.91 Å². The van der Waals surface area contributed by atoms with Crippen molar-refractivity contribution < 1.29 is 4.79 Å². The average molecular weight is 369 g/mol. The molecule has 1 aliphatic heterocycles. The van der Waals surface area contributed by atoms with Crippen molar-refractivity contribution in [3.05, 3.63) is 46.3 Å². The second-order valence-electron chi connectivity index (χ2n) is 7.17. The quantitative estimate of drug-likeness (QED) is 0.714. The first-order chi connectivity index (χ1) is 12.6. The fourth-order valence-electron chi connectivity index (χ4n) is 3.71. The van der Waals surface area contributed by atoms with Crippen molar-refractivity contribution in [2.24, 2.45) is 0 Å². The lowest BCUT2D eigenvalue weighted by Gasteiger charge is -2.34. The predicted molar refractivity (Wildman–Crippen MR) is 107 cm³/mol. The fourth-order valence-corrected chi connectivity index (χ4v) is 4.33. The monoisotopic (exact) mass is 368 g/mol. The largest absolute Gasteiger partial charge is 0.360 e. The van der Waals surface area contributed by atoms with Gasteiger partial charge in [0.2, 0.25) is 0 Å². The van der Waals surface area contributed by atoms with Crippen LogP contribution >= 0.6 is 11.3 Å². The number of anilines is 1. The highest BCUT2D eigenvalue weighted by atomic mass is 32.1. The number of carbonyl (C=O) groups is 1. The number of aromatic amines is 1. The summed E-state index contributed by atoms with van der Waals surface area (Å²) in [6.45, 7) is 6.78. The lowest BCUT2D eigenvalue weighted by Crippen LogP contribution is -2.37. The van der Waals surface area contributed by atoms with E-state index in [0.29, 0.717) is 22.7 Å². The molecule has 136 valence electrons. The number of likely N-dealkylation sites (tertiary alicyclic amines) is 1. The summed E-state index contributed by atoms with van der Waals surface area (Å²) in [6.07, 6.45) is 4.40. The summed E-state index contributed by atoms with van der Waals surface area (Å²) in [5.41, 5.74) is 3.29. The van der Waals surface area contributed by atoms with E-state index in [1.807, 2.05) is 29.6 Å². The Hall–Kier alpha value is -2.18. The molecule has 5 nitrogen and oxygen atoms in total. The van der Waals surface area contributed by atoms with Gasteiger partial charge in [-0.3, -0.25) is 4.79 Å². The molecule has 0 unspecified atom stereocenters. The van der Waals surface area contributed by atoms with E-state index in [1.54, 1.807) is 0 Å². The average Bonchev–Trinajstić information content (AvgIpc) is 3.31. The smallest absolute Gasteiger partial charge is 0.266 e. The Labute approximate surface area is 157 Å². The van der Waals surface area contributed by atoms with E-state index >= 15 is 0 Å². The normalized spacial score (nSPS) is 16.4. The molecule has 0 aromatic carbocycles. The standard InChI is InChI=1S/C20H24N4OS/c1-13(2)24-9-7-14(8-10-24)15-12-21-16-5-6-18(22-19(15)16)23-20(25)17-4-3-11-26-17/h3-6,11-14,21H,7-10H2,1-2H3,(H,22,23,25). The van der Waals surface area contributed by atoms with Crippen LogP contribution in [0.2, 0.25) is 0 Å². The number of hydrogen-bond acceptors (Lipinski definition) is 4. The number of amides is 1. The number of fused-ring (bicyclic) bond motifs is 1. The summed E-state index contributed by atoms with van der Waals surface area (Å²) < 4.78 is 0. The summed E-state index contributed by atoms with van der Waals surface area (Å²) >= 11 is 1.43. The molecule has 0 saturated carbocycles. The maximum absolute atomic E-state index is 12.3. The lowest BCUT2D eigenvalue weighted by atomic mass is 9.90. The van der Waals surface area contributed by atoms with Crippen molar-refractivity contribution in [3.8, 4) is 0 Å². The Bertz CT molecular complexity index is 892. The number of pyridine rings is 1. The van der Waals surface area contributed by atoms with Crippen LogP contribution in [-0.4, -0.2) is 39.9 Å². The van der Waals surface area contributed by atoms with Crippen molar-refractivity contribution in [1.29, 1.82) is 0 Å². The maximum atomic E-state index is 12.3. The second kappa shape index (κ2) is 7.21. The number of aromatic nitrogens is 2. The first-order valence-electron chi connectivity index (χ1n) is 9.19. The van der Waals surface area contributed by atoms with Gasteiger partial charge in [0, 0.05) is 12.2 Å². The zero-order valence-corrected chi connectivity index (χ0v) is 16.0. The van der Waals surface area contributed by atoms with Crippen molar-refractivity contribution in [2.45, 2.75) is 38.6 Å². The Morgan fingerprint density at radius 2 is 2.12 bits per heavy atom. The SMILES string of the molecule is CC(C)N1CCC(c2c[nH]c3ccc(NC(=O)c4cccs4)nc23)CC1. The molecule has 2 N–H and O–H groups in total. The van der Waals surface area contributed by atoms with Gasteiger partial charge in [-0.15, -0.1) is 11.3 Å². The minimum atomic E-state index is -0.103. The van der Waals surface area contributed by atoms with E-state index in [2.05, 4.69) is 35.2 Å². The lowest BCUT2D eigenvalue weighted by molar-refractivity contribution is 0.103. The third-order valence-electron chi connectivity index (χ3n) is 5.24. The van der Waals surface area contributed by atoms with Crippen LogP contribution in [0.3, 0.4) is 0 Å². The van der Waals surface area contributed by atoms with Crippen molar-refractivity contribution in [2.75, 3.05) is 18.4 Å². The molecule has 1 fully saturated rings. The van der Waals surface area contributed by atoms with Crippen molar-refractivity contribution in [3.63, 3.8) is 0 Å². The Morgan fingerprint density at radius 1 is 1.31 bits per heavy atom. The van der Waals surface area contributed by atoms with E-state index in [0.717, 1.165) is 37.0 Å². The zero-order valence-electron chi connectivity index (χ0n) is 15.2. The number of nitrogens with one attached hydrogen (secondary N) is 2. The molecule has 0 spiro atoms. The number of nitrogens with zero attached hydrogens (tertiary/aromatic N) is 2. The molecule has 0 bridgehead atoms. The van der Waals surface area contributed by atoms with Gasteiger partial charge in [-0.1, -0.05) is 6.07 Å². The molecule has 0 radical (unpaired) electrons. The molecule has 26 heavy (non-hydrogen) atoms. The molecule has 6 heteroatoms. The predicted octanol–water partition coefficient (Wildman–Crippen LogP) is 4.46. The minimum Gasteiger partial charge on any atom is -0.360 e. The summed E-state index contributed by atoms with van der Waals surface area (Å²) in [7, 11) is 0. The molecule has 0 atom stereocenters. The first kappa shape index (κ1) is 17.2. The zero-order chi connectivity index (χ0) is 18.1. The van der Waals surface area contributed by atoms with Crippen LogP contribution in [0, 0.1) is 0 Å².